The molecule has 0 radical (unpaired) electrons. The Morgan fingerprint density at radius 1 is 1.38 bits per heavy atom. The summed E-state index contributed by atoms with van der Waals surface area (Å²) in [6.45, 7) is 6.58. The molecule has 3 nitrogen and oxygen atoms in total. The van der Waals surface area contributed by atoms with Gasteiger partial charge in [-0.05, 0) is 67.5 Å². The van der Waals surface area contributed by atoms with Gasteiger partial charge in [-0.15, -0.1) is 0 Å². The smallest absolute Gasteiger partial charge is 0.253 e. The van der Waals surface area contributed by atoms with E-state index >= 15 is 0 Å². The van der Waals surface area contributed by atoms with Crippen molar-refractivity contribution in [2.45, 2.75) is 38.8 Å². The number of hydrogen-bond acceptors (Lipinski definition) is 2. The van der Waals surface area contributed by atoms with Gasteiger partial charge in [-0.25, -0.2) is 0 Å². The van der Waals surface area contributed by atoms with Crippen molar-refractivity contribution in [2.75, 3.05) is 20.1 Å². The van der Waals surface area contributed by atoms with Gasteiger partial charge in [0.05, 0.1) is 5.02 Å². The van der Waals surface area contributed by atoms with Crippen LogP contribution < -0.4 is 0 Å². The number of likely N-dealkylation sites (tertiary alicyclic amines) is 1. The zero-order valence-electron chi connectivity index (χ0n) is 12.8. The molecular formula is C16H22ClIN2O. The van der Waals surface area contributed by atoms with Crippen molar-refractivity contribution in [1.82, 2.24) is 9.80 Å². The maximum Gasteiger partial charge on any atom is 0.253 e. The van der Waals surface area contributed by atoms with E-state index in [-0.39, 0.29) is 5.91 Å². The fraction of sp³-hybridized carbons (Fsp3) is 0.562. The number of amides is 1. The molecule has 1 amide bonds. The van der Waals surface area contributed by atoms with Gasteiger partial charge in [0, 0.05) is 41.4 Å². The standard InChI is InChI=1S/C16H22ClIN2O/c1-11(2)20-8-6-13(7-9-20)19(3)16(21)12-4-5-15(18)14(17)10-12/h4-5,10-11,13H,6-9H2,1-3H3. The maximum absolute atomic E-state index is 12.6. The van der Waals surface area contributed by atoms with E-state index < -0.39 is 0 Å². The SMILES string of the molecule is CC(C)N1CCC(N(C)C(=O)c2ccc(I)c(Cl)c2)CC1. The summed E-state index contributed by atoms with van der Waals surface area (Å²) in [6.07, 6.45) is 2.08. The van der Waals surface area contributed by atoms with Gasteiger partial charge in [0.1, 0.15) is 0 Å². The quantitative estimate of drug-likeness (QED) is 0.693. The minimum absolute atomic E-state index is 0.0660. The first-order valence-corrected chi connectivity index (χ1v) is 8.82. The lowest BCUT2D eigenvalue weighted by atomic mass is 10.0. The van der Waals surface area contributed by atoms with Gasteiger partial charge in [0.15, 0.2) is 0 Å². The monoisotopic (exact) mass is 420 g/mol. The fourth-order valence-corrected chi connectivity index (χ4v) is 3.30. The van der Waals surface area contributed by atoms with Crippen molar-refractivity contribution in [3.63, 3.8) is 0 Å². The number of halogens is 2. The minimum atomic E-state index is 0.0660. The summed E-state index contributed by atoms with van der Waals surface area (Å²) in [4.78, 5) is 16.9. The van der Waals surface area contributed by atoms with E-state index in [1.54, 1.807) is 6.07 Å². The molecule has 21 heavy (non-hydrogen) atoms. The molecule has 0 aliphatic carbocycles. The van der Waals surface area contributed by atoms with Crippen molar-refractivity contribution in [1.29, 1.82) is 0 Å². The lowest BCUT2D eigenvalue weighted by Crippen LogP contribution is -2.47. The summed E-state index contributed by atoms with van der Waals surface area (Å²) in [5.41, 5.74) is 0.675. The molecule has 2 rings (SSSR count). The number of benzene rings is 1. The van der Waals surface area contributed by atoms with Crippen LogP contribution in [0.5, 0.6) is 0 Å². The topological polar surface area (TPSA) is 23.6 Å². The van der Waals surface area contributed by atoms with Crippen LogP contribution in [0.15, 0.2) is 18.2 Å². The molecule has 0 bridgehead atoms. The van der Waals surface area contributed by atoms with Crippen LogP contribution in [0.25, 0.3) is 0 Å². The second-order valence-electron chi connectivity index (χ2n) is 5.91. The van der Waals surface area contributed by atoms with Gasteiger partial charge in [-0.2, -0.15) is 0 Å². The van der Waals surface area contributed by atoms with Crippen LogP contribution in [-0.2, 0) is 0 Å². The highest BCUT2D eigenvalue weighted by molar-refractivity contribution is 14.1. The molecule has 1 fully saturated rings. The largest absolute Gasteiger partial charge is 0.339 e. The Kier molecular flexibility index (Phi) is 5.91. The van der Waals surface area contributed by atoms with E-state index in [1.165, 1.54) is 0 Å². The van der Waals surface area contributed by atoms with E-state index in [9.17, 15) is 4.79 Å². The molecule has 1 heterocycles. The van der Waals surface area contributed by atoms with Gasteiger partial charge >= 0.3 is 0 Å². The van der Waals surface area contributed by atoms with Crippen LogP contribution in [0.2, 0.25) is 5.02 Å². The Bertz CT molecular complexity index is 513. The molecule has 0 unspecified atom stereocenters. The molecule has 1 aliphatic heterocycles. The predicted octanol–water partition coefficient (Wildman–Crippen LogP) is 3.89. The first-order chi connectivity index (χ1) is 9.90. The van der Waals surface area contributed by atoms with Crippen LogP contribution in [0.1, 0.15) is 37.0 Å². The van der Waals surface area contributed by atoms with E-state index in [0.29, 0.717) is 22.7 Å². The summed E-state index contributed by atoms with van der Waals surface area (Å²) >= 11 is 8.29. The lowest BCUT2D eigenvalue weighted by Gasteiger charge is -2.38. The first kappa shape index (κ1) is 17.0. The van der Waals surface area contributed by atoms with E-state index in [1.807, 2.05) is 24.1 Å². The Labute approximate surface area is 145 Å². The van der Waals surface area contributed by atoms with Gasteiger partial charge in [0.2, 0.25) is 0 Å². The third-order valence-corrected chi connectivity index (χ3v) is 5.84. The zero-order chi connectivity index (χ0) is 15.6. The third kappa shape index (κ3) is 4.11. The fourth-order valence-electron chi connectivity index (χ4n) is 2.79. The molecule has 0 spiro atoms. The normalized spacial score (nSPS) is 17.2. The van der Waals surface area contributed by atoms with Crippen molar-refractivity contribution in [3.05, 3.63) is 32.4 Å². The Morgan fingerprint density at radius 2 is 2.00 bits per heavy atom. The number of carbonyl (C=O) groups excluding carboxylic acids is 1. The lowest BCUT2D eigenvalue weighted by molar-refractivity contribution is 0.0615. The van der Waals surface area contributed by atoms with Crippen molar-refractivity contribution in [2.24, 2.45) is 0 Å². The van der Waals surface area contributed by atoms with Gasteiger partial charge in [0.25, 0.3) is 5.91 Å². The molecule has 116 valence electrons. The average molecular weight is 421 g/mol. The highest BCUT2D eigenvalue weighted by Gasteiger charge is 2.26. The number of rotatable bonds is 3. The first-order valence-electron chi connectivity index (χ1n) is 7.36. The summed E-state index contributed by atoms with van der Waals surface area (Å²) in [7, 11) is 1.91. The van der Waals surface area contributed by atoms with Gasteiger partial charge in [-0.1, -0.05) is 11.6 Å². The third-order valence-electron chi connectivity index (χ3n) is 4.26. The predicted molar refractivity (Wildman–Crippen MR) is 96.0 cm³/mol. The number of nitrogens with zero attached hydrogens (tertiary/aromatic N) is 2. The Morgan fingerprint density at radius 3 is 2.52 bits per heavy atom. The zero-order valence-corrected chi connectivity index (χ0v) is 15.7. The average Bonchev–Trinajstić information content (AvgIpc) is 2.48. The van der Waals surface area contributed by atoms with Crippen molar-refractivity contribution < 1.29 is 4.79 Å². The summed E-state index contributed by atoms with van der Waals surface area (Å²) < 4.78 is 0.971. The van der Waals surface area contributed by atoms with Crippen molar-refractivity contribution in [3.8, 4) is 0 Å². The number of hydrogen-bond donors (Lipinski definition) is 0. The molecule has 5 heteroatoms. The number of carbonyl (C=O) groups is 1. The molecule has 0 atom stereocenters. The second-order valence-corrected chi connectivity index (χ2v) is 7.48. The molecule has 0 saturated carbocycles. The summed E-state index contributed by atoms with van der Waals surface area (Å²) in [5.74, 6) is 0.0660. The van der Waals surface area contributed by atoms with Gasteiger partial charge in [-0.3, -0.25) is 4.79 Å². The molecule has 1 aromatic carbocycles. The van der Waals surface area contributed by atoms with Crippen LogP contribution in [0.3, 0.4) is 0 Å². The highest BCUT2D eigenvalue weighted by atomic mass is 127. The van der Waals surface area contributed by atoms with Crippen LogP contribution in [0, 0.1) is 3.57 Å². The summed E-state index contributed by atoms with van der Waals surface area (Å²) in [6, 6.07) is 6.43. The molecule has 1 aromatic rings. The van der Waals surface area contributed by atoms with Crippen molar-refractivity contribution >= 4 is 40.1 Å². The Hall–Kier alpha value is -0.330. The van der Waals surface area contributed by atoms with E-state index in [0.717, 1.165) is 29.5 Å². The highest BCUT2D eigenvalue weighted by Crippen LogP contribution is 2.23. The summed E-state index contributed by atoms with van der Waals surface area (Å²) in [5, 5.41) is 0.643. The van der Waals surface area contributed by atoms with Crippen LogP contribution in [0.4, 0.5) is 0 Å². The molecule has 1 saturated heterocycles. The Balaban J connectivity index is 2.01. The second kappa shape index (κ2) is 7.29. The molecule has 0 aromatic heterocycles. The minimum Gasteiger partial charge on any atom is -0.339 e. The van der Waals surface area contributed by atoms with Crippen LogP contribution >= 0.6 is 34.2 Å². The molecule has 0 N–H and O–H groups in total. The van der Waals surface area contributed by atoms with E-state index in [4.69, 9.17) is 11.6 Å². The van der Waals surface area contributed by atoms with E-state index in [2.05, 4.69) is 41.3 Å². The molecular weight excluding hydrogens is 399 g/mol. The number of piperidine rings is 1. The van der Waals surface area contributed by atoms with Crippen LogP contribution in [-0.4, -0.2) is 47.9 Å². The van der Waals surface area contributed by atoms with Gasteiger partial charge < -0.3 is 9.80 Å². The maximum atomic E-state index is 12.6. The molecule has 1 aliphatic rings.